The van der Waals surface area contributed by atoms with Crippen molar-refractivity contribution in [3.8, 4) is 5.75 Å². The van der Waals surface area contributed by atoms with Crippen LogP contribution in [0, 0.1) is 0 Å². The molecule has 0 aliphatic rings. The average Bonchev–Trinajstić information content (AvgIpc) is 2.85. The van der Waals surface area contributed by atoms with Crippen LogP contribution in [0.4, 0.5) is 0 Å². The summed E-state index contributed by atoms with van der Waals surface area (Å²) >= 11 is 2.90. The number of carbonyl (C=O) groups is 1. The number of thiophene rings is 1. The van der Waals surface area contributed by atoms with E-state index in [-0.39, 0.29) is 0 Å². The maximum Gasteiger partial charge on any atom is 0.346 e. The molecule has 0 saturated heterocycles. The molecule has 3 nitrogen and oxygen atoms in total. The summed E-state index contributed by atoms with van der Waals surface area (Å²) < 4.78 is 5.48. The minimum atomic E-state index is -0.909. The Labute approximate surface area is 113 Å². The second-order valence-electron chi connectivity index (χ2n) is 3.46. The zero-order valence-electron chi connectivity index (χ0n) is 9.54. The maximum atomic E-state index is 10.7. The van der Waals surface area contributed by atoms with E-state index < -0.39 is 5.97 Å². The van der Waals surface area contributed by atoms with Crippen molar-refractivity contribution in [3.63, 3.8) is 0 Å². The van der Waals surface area contributed by atoms with Gasteiger partial charge in [-0.05, 0) is 12.1 Å². The molecule has 0 spiro atoms. The van der Waals surface area contributed by atoms with Gasteiger partial charge in [0.15, 0.2) is 0 Å². The van der Waals surface area contributed by atoms with Crippen LogP contribution in [-0.2, 0) is 0 Å². The molecule has 0 radical (unpaired) electrons. The van der Waals surface area contributed by atoms with Crippen molar-refractivity contribution < 1.29 is 14.6 Å². The summed E-state index contributed by atoms with van der Waals surface area (Å²) in [6, 6.07) is 11.7. The third kappa shape index (κ3) is 3.78. The Kier molecular flexibility index (Phi) is 4.66. The SMILES string of the molecule is O=C(O)c1cc(OCCSc2ccccc2)cs1. The summed E-state index contributed by atoms with van der Waals surface area (Å²) in [5, 5.41) is 10.5. The fraction of sp³-hybridized carbons (Fsp3) is 0.154. The molecule has 0 unspecified atom stereocenters. The molecule has 1 aromatic carbocycles. The first-order chi connectivity index (χ1) is 8.75. The fourth-order valence-corrected chi connectivity index (χ4v) is 2.76. The molecule has 2 rings (SSSR count). The molecule has 1 aromatic heterocycles. The van der Waals surface area contributed by atoms with Crippen molar-refractivity contribution in [1.82, 2.24) is 0 Å². The topological polar surface area (TPSA) is 46.5 Å². The van der Waals surface area contributed by atoms with Gasteiger partial charge in [0, 0.05) is 22.1 Å². The van der Waals surface area contributed by atoms with Gasteiger partial charge in [0.25, 0.3) is 0 Å². The van der Waals surface area contributed by atoms with Crippen LogP contribution in [0.1, 0.15) is 9.67 Å². The van der Waals surface area contributed by atoms with E-state index in [0.717, 1.165) is 5.75 Å². The largest absolute Gasteiger partial charge is 0.492 e. The van der Waals surface area contributed by atoms with Crippen LogP contribution in [-0.4, -0.2) is 23.4 Å². The van der Waals surface area contributed by atoms with E-state index in [0.29, 0.717) is 17.2 Å². The number of thioether (sulfide) groups is 1. The van der Waals surface area contributed by atoms with Gasteiger partial charge < -0.3 is 9.84 Å². The minimum absolute atomic E-state index is 0.306. The first-order valence-corrected chi connectivity index (χ1v) is 7.25. The highest BCUT2D eigenvalue weighted by molar-refractivity contribution is 7.99. The van der Waals surface area contributed by atoms with Crippen molar-refractivity contribution in [3.05, 3.63) is 46.7 Å². The molecule has 0 atom stereocenters. The van der Waals surface area contributed by atoms with E-state index in [9.17, 15) is 4.79 Å². The summed E-state index contributed by atoms with van der Waals surface area (Å²) in [5.41, 5.74) is 0. The number of ether oxygens (including phenoxy) is 1. The van der Waals surface area contributed by atoms with Gasteiger partial charge >= 0.3 is 5.97 Å². The van der Waals surface area contributed by atoms with Crippen LogP contribution < -0.4 is 4.74 Å². The van der Waals surface area contributed by atoms with Crippen LogP contribution in [0.25, 0.3) is 0 Å². The lowest BCUT2D eigenvalue weighted by Gasteiger charge is -2.03. The predicted molar refractivity (Wildman–Crippen MR) is 73.9 cm³/mol. The predicted octanol–water partition coefficient (Wildman–Crippen LogP) is 3.62. The van der Waals surface area contributed by atoms with E-state index >= 15 is 0 Å². The molecule has 18 heavy (non-hydrogen) atoms. The highest BCUT2D eigenvalue weighted by atomic mass is 32.2. The quantitative estimate of drug-likeness (QED) is 0.648. The summed E-state index contributed by atoms with van der Waals surface area (Å²) in [5.74, 6) is 0.557. The Morgan fingerprint density at radius 1 is 1.33 bits per heavy atom. The monoisotopic (exact) mass is 280 g/mol. The van der Waals surface area contributed by atoms with Gasteiger partial charge in [-0.2, -0.15) is 0 Å². The summed E-state index contributed by atoms with van der Waals surface area (Å²) in [7, 11) is 0. The Bertz CT molecular complexity index is 508. The van der Waals surface area contributed by atoms with Crippen LogP contribution in [0.15, 0.2) is 46.7 Å². The molecule has 2 aromatic rings. The number of carboxylic acid groups (broad SMARTS) is 1. The van der Waals surface area contributed by atoms with Gasteiger partial charge in [0.1, 0.15) is 10.6 Å². The van der Waals surface area contributed by atoms with Gasteiger partial charge in [-0.1, -0.05) is 18.2 Å². The van der Waals surface area contributed by atoms with E-state index in [1.54, 1.807) is 23.2 Å². The smallest absolute Gasteiger partial charge is 0.346 e. The second-order valence-corrected chi connectivity index (χ2v) is 5.54. The zero-order valence-corrected chi connectivity index (χ0v) is 11.2. The zero-order chi connectivity index (χ0) is 12.8. The summed E-state index contributed by atoms with van der Waals surface area (Å²) in [6.45, 7) is 0.565. The lowest BCUT2D eigenvalue weighted by Crippen LogP contribution is -1.99. The molecule has 94 valence electrons. The van der Waals surface area contributed by atoms with Gasteiger partial charge in [0.05, 0.1) is 6.61 Å². The van der Waals surface area contributed by atoms with Crippen molar-refractivity contribution in [1.29, 1.82) is 0 Å². The Hall–Kier alpha value is -1.46. The molecule has 0 amide bonds. The highest BCUT2D eigenvalue weighted by Gasteiger charge is 2.07. The summed E-state index contributed by atoms with van der Waals surface area (Å²) in [4.78, 5) is 12.2. The maximum absolute atomic E-state index is 10.7. The van der Waals surface area contributed by atoms with Crippen LogP contribution in [0.5, 0.6) is 5.75 Å². The van der Waals surface area contributed by atoms with Crippen molar-refractivity contribution in [2.75, 3.05) is 12.4 Å². The van der Waals surface area contributed by atoms with E-state index in [2.05, 4.69) is 12.1 Å². The first-order valence-electron chi connectivity index (χ1n) is 5.38. The molecule has 0 bridgehead atoms. The third-order valence-corrected chi connectivity index (χ3v) is 4.02. The molecule has 0 aliphatic heterocycles. The standard InChI is InChI=1S/C13H12O3S2/c14-13(15)12-8-10(9-18-12)16-6-7-17-11-4-2-1-3-5-11/h1-5,8-9H,6-7H2,(H,14,15). The number of rotatable bonds is 6. The molecule has 1 heterocycles. The Morgan fingerprint density at radius 3 is 2.78 bits per heavy atom. The van der Waals surface area contributed by atoms with Crippen LogP contribution >= 0.6 is 23.1 Å². The number of aromatic carboxylic acids is 1. The van der Waals surface area contributed by atoms with Crippen molar-refractivity contribution in [2.45, 2.75) is 4.90 Å². The van der Waals surface area contributed by atoms with E-state index in [1.807, 2.05) is 18.2 Å². The lowest BCUT2D eigenvalue weighted by molar-refractivity contribution is 0.0702. The van der Waals surface area contributed by atoms with Crippen molar-refractivity contribution in [2.24, 2.45) is 0 Å². The van der Waals surface area contributed by atoms with Crippen LogP contribution in [0.3, 0.4) is 0 Å². The fourth-order valence-electron chi connectivity index (χ4n) is 1.34. The molecule has 0 fully saturated rings. The summed E-state index contributed by atoms with van der Waals surface area (Å²) in [6.07, 6.45) is 0. The number of carboxylic acids is 1. The molecule has 5 heteroatoms. The van der Waals surface area contributed by atoms with Crippen LogP contribution in [0.2, 0.25) is 0 Å². The molecule has 0 saturated carbocycles. The van der Waals surface area contributed by atoms with Gasteiger partial charge in [-0.15, -0.1) is 23.1 Å². The molecule has 1 N–H and O–H groups in total. The third-order valence-electron chi connectivity index (χ3n) is 2.15. The van der Waals surface area contributed by atoms with E-state index in [1.165, 1.54) is 16.2 Å². The highest BCUT2D eigenvalue weighted by Crippen LogP contribution is 2.22. The first kappa shape index (κ1) is 13.0. The average molecular weight is 280 g/mol. The Morgan fingerprint density at radius 2 is 2.11 bits per heavy atom. The Balaban J connectivity index is 1.73. The molecular formula is C13H12O3S2. The minimum Gasteiger partial charge on any atom is -0.492 e. The lowest BCUT2D eigenvalue weighted by atomic mass is 10.4. The molecule has 0 aliphatic carbocycles. The molecular weight excluding hydrogens is 268 g/mol. The number of benzene rings is 1. The number of hydrogen-bond donors (Lipinski definition) is 1. The van der Waals surface area contributed by atoms with Gasteiger partial charge in [-0.25, -0.2) is 4.79 Å². The number of hydrogen-bond acceptors (Lipinski definition) is 4. The van der Waals surface area contributed by atoms with Crippen molar-refractivity contribution >= 4 is 29.1 Å². The van der Waals surface area contributed by atoms with Gasteiger partial charge in [0.2, 0.25) is 0 Å². The second kappa shape index (κ2) is 6.47. The normalized spacial score (nSPS) is 10.2. The van der Waals surface area contributed by atoms with Gasteiger partial charge in [-0.3, -0.25) is 0 Å². The van der Waals surface area contributed by atoms with E-state index in [4.69, 9.17) is 9.84 Å².